The molecular weight excluding hydrogens is 465 g/mol. The van der Waals surface area contributed by atoms with Crippen LogP contribution in [0.15, 0.2) is 28.9 Å². The molecule has 0 radical (unpaired) electrons. The van der Waals surface area contributed by atoms with Crippen LogP contribution in [0.1, 0.15) is 17.4 Å². The molecule has 180 valence electrons. The number of hydrogen-bond acceptors (Lipinski definition) is 6. The molecular formula is C21H18F5N5O3. The standard InChI is InChI=1S/C21H18F5N5O3/c1-10-13-2-11(22)3-14(23)16(13)34-15(10)17(21(24,25)26)30-19(32)29-12-4-27-18(28-5-12)31-6-20(7-31)8-33-9-20/h2-5,17H,6-9H2,1H3,(H2,29,30,32)/t17-/m1/s1. The maximum atomic E-state index is 14.0. The molecule has 1 atom stereocenters. The van der Waals surface area contributed by atoms with Gasteiger partial charge in [-0.3, -0.25) is 0 Å². The fraction of sp³-hybridized carbons (Fsp3) is 0.381. The summed E-state index contributed by atoms with van der Waals surface area (Å²) in [5.74, 6) is -2.43. The number of furan rings is 1. The zero-order valence-electron chi connectivity index (χ0n) is 17.7. The molecule has 1 aromatic carbocycles. The largest absolute Gasteiger partial charge is 0.455 e. The fourth-order valence-corrected chi connectivity index (χ4v) is 4.16. The lowest BCUT2D eigenvalue weighted by molar-refractivity contribution is -0.158. The van der Waals surface area contributed by atoms with Gasteiger partial charge < -0.3 is 24.7 Å². The van der Waals surface area contributed by atoms with E-state index < -0.39 is 41.2 Å². The molecule has 2 aliphatic heterocycles. The number of aromatic nitrogens is 2. The summed E-state index contributed by atoms with van der Waals surface area (Å²) in [5.41, 5.74) is -0.460. The van der Waals surface area contributed by atoms with Gasteiger partial charge in [0, 0.05) is 30.1 Å². The van der Waals surface area contributed by atoms with Crippen LogP contribution < -0.4 is 15.5 Å². The number of halogens is 5. The second-order valence-electron chi connectivity index (χ2n) is 8.55. The van der Waals surface area contributed by atoms with E-state index in [4.69, 9.17) is 9.15 Å². The minimum atomic E-state index is -4.98. The number of nitrogens with one attached hydrogen (secondary N) is 2. The predicted molar refractivity (Wildman–Crippen MR) is 109 cm³/mol. The van der Waals surface area contributed by atoms with E-state index in [1.54, 1.807) is 5.32 Å². The molecule has 5 rings (SSSR count). The highest BCUT2D eigenvalue weighted by Gasteiger charge is 2.50. The smallest absolute Gasteiger partial charge is 0.416 e. The van der Waals surface area contributed by atoms with Gasteiger partial charge in [0.1, 0.15) is 11.6 Å². The number of fused-ring (bicyclic) bond motifs is 1. The molecule has 2 fully saturated rings. The maximum absolute atomic E-state index is 14.0. The van der Waals surface area contributed by atoms with Gasteiger partial charge in [0.05, 0.1) is 36.7 Å². The number of ether oxygens (including phenoxy) is 1. The zero-order chi connectivity index (χ0) is 24.3. The minimum absolute atomic E-state index is 0.0684. The summed E-state index contributed by atoms with van der Waals surface area (Å²) < 4.78 is 79.1. The van der Waals surface area contributed by atoms with Crippen molar-refractivity contribution < 1.29 is 35.9 Å². The number of alkyl halides is 3. The molecule has 1 spiro atoms. The summed E-state index contributed by atoms with van der Waals surface area (Å²) in [6.45, 7) is 4.09. The Morgan fingerprint density at radius 3 is 2.44 bits per heavy atom. The highest BCUT2D eigenvalue weighted by molar-refractivity contribution is 5.89. The van der Waals surface area contributed by atoms with Crippen molar-refractivity contribution in [1.82, 2.24) is 15.3 Å². The first-order valence-electron chi connectivity index (χ1n) is 10.2. The van der Waals surface area contributed by atoms with Gasteiger partial charge in [-0.2, -0.15) is 13.2 Å². The molecule has 0 bridgehead atoms. The number of carbonyl (C=O) groups excluding carboxylic acids is 1. The third-order valence-electron chi connectivity index (χ3n) is 5.91. The molecule has 13 heteroatoms. The summed E-state index contributed by atoms with van der Waals surface area (Å²) in [6, 6.07) is -2.45. The fourth-order valence-electron chi connectivity index (χ4n) is 4.16. The van der Waals surface area contributed by atoms with E-state index >= 15 is 0 Å². The Balaban J connectivity index is 1.30. The molecule has 34 heavy (non-hydrogen) atoms. The average molecular weight is 483 g/mol. The van der Waals surface area contributed by atoms with Crippen molar-refractivity contribution in [2.75, 3.05) is 36.5 Å². The normalized spacial score (nSPS) is 17.9. The summed E-state index contributed by atoms with van der Waals surface area (Å²) in [7, 11) is 0. The molecule has 8 nitrogen and oxygen atoms in total. The molecule has 0 aliphatic carbocycles. The van der Waals surface area contributed by atoms with E-state index in [1.807, 2.05) is 4.90 Å². The predicted octanol–water partition coefficient (Wildman–Crippen LogP) is 4.07. The Hall–Kier alpha value is -3.48. The summed E-state index contributed by atoms with van der Waals surface area (Å²) in [5, 5.41) is 3.86. The second-order valence-corrected chi connectivity index (χ2v) is 8.55. The third-order valence-corrected chi connectivity index (χ3v) is 5.91. The molecule has 2 aromatic heterocycles. The van der Waals surface area contributed by atoms with Gasteiger partial charge in [-0.05, 0) is 13.0 Å². The van der Waals surface area contributed by atoms with Gasteiger partial charge in [-0.15, -0.1) is 0 Å². The van der Waals surface area contributed by atoms with E-state index in [-0.39, 0.29) is 22.1 Å². The van der Waals surface area contributed by atoms with E-state index in [1.165, 1.54) is 19.3 Å². The van der Waals surface area contributed by atoms with Crippen LogP contribution in [0.4, 0.5) is 38.4 Å². The van der Waals surface area contributed by atoms with Gasteiger partial charge in [-0.1, -0.05) is 0 Å². The molecule has 3 aromatic rings. The van der Waals surface area contributed by atoms with Crippen LogP contribution in [-0.2, 0) is 4.74 Å². The van der Waals surface area contributed by atoms with Gasteiger partial charge in [0.2, 0.25) is 5.95 Å². The lowest BCUT2D eigenvalue weighted by Crippen LogP contribution is -2.66. The van der Waals surface area contributed by atoms with Crippen molar-refractivity contribution in [2.24, 2.45) is 5.41 Å². The molecule has 2 N–H and O–H groups in total. The van der Waals surface area contributed by atoms with Crippen LogP contribution in [0.25, 0.3) is 11.0 Å². The SMILES string of the molecule is Cc1c([C@@H](NC(=O)Nc2cnc(N3CC4(COC4)C3)nc2)C(F)(F)F)oc2c(F)cc(F)cc12. The lowest BCUT2D eigenvalue weighted by atomic mass is 9.78. The lowest BCUT2D eigenvalue weighted by Gasteiger charge is -2.54. The third kappa shape index (κ3) is 3.89. The number of amides is 2. The van der Waals surface area contributed by atoms with Crippen molar-refractivity contribution in [3.63, 3.8) is 0 Å². The van der Waals surface area contributed by atoms with Crippen molar-refractivity contribution in [2.45, 2.75) is 19.1 Å². The Morgan fingerprint density at radius 2 is 1.85 bits per heavy atom. The van der Waals surface area contributed by atoms with Gasteiger partial charge in [0.25, 0.3) is 0 Å². The van der Waals surface area contributed by atoms with Gasteiger partial charge in [0.15, 0.2) is 17.4 Å². The van der Waals surface area contributed by atoms with Crippen LogP contribution in [0, 0.1) is 24.0 Å². The topological polar surface area (TPSA) is 92.5 Å². The first-order chi connectivity index (χ1) is 16.0. The zero-order valence-corrected chi connectivity index (χ0v) is 17.7. The molecule has 2 saturated heterocycles. The molecule has 2 amide bonds. The first kappa shape index (κ1) is 22.3. The van der Waals surface area contributed by atoms with E-state index in [9.17, 15) is 26.7 Å². The Kier molecular flexibility index (Phi) is 5.11. The van der Waals surface area contributed by atoms with E-state index in [2.05, 4.69) is 15.3 Å². The average Bonchev–Trinajstić information content (AvgIpc) is 3.01. The highest BCUT2D eigenvalue weighted by atomic mass is 19.4. The Labute approximate surface area is 189 Å². The molecule has 2 aliphatic rings. The van der Waals surface area contributed by atoms with Crippen molar-refractivity contribution in [3.05, 3.63) is 47.5 Å². The van der Waals surface area contributed by atoms with E-state index in [0.717, 1.165) is 19.2 Å². The van der Waals surface area contributed by atoms with Crippen LogP contribution in [-0.4, -0.2) is 48.5 Å². The molecule has 0 unspecified atom stereocenters. The number of aryl methyl sites for hydroxylation is 1. The Morgan fingerprint density at radius 1 is 1.18 bits per heavy atom. The highest BCUT2D eigenvalue weighted by Crippen LogP contribution is 2.40. The minimum Gasteiger partial charge on any atom is -0.455 e. The summed E-state index contributed by atoms with van der Waals surface area (Å²) in [4.78, 5) is 22.5. The first-order valence-corrected chi connectivity index (χ1v) is 10.2. The monoisotopic (exact) mass is 483 g/mol. The second kappa shape index (κ2) is 7.79. The number of carbonyl (C=O) groups is 1. The van der Waals surface area contributed by atoms with Crippen LogP contribution in [0.5, 0.6) is 0 Å². The Bertz CT molecular complexity index is 1250. The number of benzene rings is 1. The number of urea groups is 1. The van der Waals surface area contributed by atoms with Gasteiger partial charge in [-0.25, -0.2) is 23.5 Å². The van der Waals surface area contributed by atoms with Gasteiger partial charge >= 0.3 is 12.2 Å². The summed E-state index contributed by atoms with van der Waals surface area (Å²) in [6.07, 6.45) is -2.43. The quantitative estimate of drug-likeness (QED) is 0.544. The number of anilines is 2. The molecule has 0 saturated carbocycles. The summed E-state index contributed by atoms with van der Waals surface area (Å²) >= 11 is 0. The van der Waals surface area contributed by atoms with Crippen LogP contribution >= 0.6 is 0 Å². The van der Waals surface area contributed by atoms with E-state index in [0.29, 0.717) is 25.2 Å². The maximum Gasteiger partial charge on any atom is 0.416 e. The number of rotatable bonds is 4. The van der Waals surface area contributed by atoms with Crippen LogP contribution in [0.3, 0.4) is 0 Å². The van der Waals surface area contributed by atoms with Crippen molar-refractivity contribution in [3.8, 4) is 0 Å². The van der Waals surface area contributed by atoms with Crippen molar-refractivity contribution >= 4 is 28.6 Å². The number of hydrogen-bond donors (Lipinski definition) is 2. The number of nitrogens with zero attached hydrogens (tertiary/aromatic N) is 3. The van der Waals surface area contributed by atoms with Crippen molar-refractivity contribution in [1.29, 1.82) is 0 Å². The van der Waals surface area contributed by atoms with Crippen LogP contribution in [0.2, 0.25) is 0 Å². The molecule has 4 heterocycles.